The summed E-state index contributed by atoms with van der Waals surface area (Å²) in [6.45, 7) is 2.06. The van der Waals surface area contributed by atoms with Crippen molar-refractivity contribution in [2.75, 3.05) is 6.61 Å². The molecule has 1 unspecified atom stereocenters. The third kappa shape index (κ3) is 8.91. The van der Waals surface area contributed by atoms with Crippen LogP contribution in [0.5, 0.6) is 11.5 Å². The fourth-order valence-corrected chi connectivity index (χ4v) is 3.77. The van der Waals surface area contributed by atoms with E-state index in [0.29, 0.717) is 18.8 Å². The van der Waals surface area contributed by atoms with E-state index in [2.05, 4.69) is 10.4 Å². The van der Waals surface area contributed by atoms with Gasteiger partial charge in [0.1, 0.15) is 11.5 Å². The van der Waals surface area contributed by atoms with Gasteiger partial charge in [-0.15, -0.1) is 0 Å². The summed E-state index contributed by atoms with van der Waals surface area (Å²) in [6.07, 6.45) is 4.55. The summed E-state index contributed by atoms with van der Waals surface area (Å²) in [5.74, 6) is 6.14. The van der Waals surface area contributed by atoms with Crippen molar-refractivity contribution in [1.29, 1.82) is 0 Å². The van der Waals surface area contributed by atoms with Crippen LogP contribution in [0.2, 0.25) is 0 Å². The lowest BCUT2D eigenvalue weighted by atomic mass is 10.0. The van der Waals surface area contributed by atoms with Crippen molar-refractivity contribution in [2.24, 2.45) is 10.9 Å². The molecule has 1 amide bonds. The van der Waals surface area contributed by atoms with Gasteiger partial charge >= 0.3 is 5.97 Å². The normalized spacial score (nSPS) is 11.7. The standard InChI is InChI=1S/C29H33N3O4/c1-2-35-29(34)20-27(24-16-18-26(19-17-24)36-25-9-4-3-5-10-25)32-28(33)11-7-6-8-22-12-14-23(15-13-22)21-31-30/h3-5,9-10,12-19,21,27H,2,6-8,11,20,30H2,1H3,(H,32,33). The Morgan fingerprint density at radius 1 is 0.944 bits per heavy atom. The maximum Gasteiger partial charge on any atom is 0.308 e. The van der Waals surface area contributed by atoms with Gasteiger partial charge in [0.15, 0.2) is 0 Å². The number of rotatable bonds is 13. The Bertz CT molecular complexity index is 1110. The quantitative estimate of drug-likeness (QED) is 0.112. The van der Waals surface area contributed by atoms with Gasteiger partial charge in [-0.3, -0.25) is 9.59 Å². The molecule has 3 aromatic carbocycles. The first-order valence-corrected chi connectivity index (χ1v) is 12.2. The number of unbranched alkanes of at least 4 members (excludes halogenated alkanes) is 1. The van der Waals surface area contributed by atoms with E-state index >= 15 is 0 Å². The first kappa shape index (κ1) is 26.5. The fraction of sp³-hybridized carbons (Fsp3) is 0.276. The summed E-state index contributed by atoms with van der Waals surface area (Å²) in [5.41, 5.74) is 2.97. The number of hydrogen-bond acceptors (Lipinski definition) is 6. The van der Waals surface area contributed by atoms with Gasteiger partial charge in [-0.05, 0) is 67.1 Å². The highest BCUT2D eigenvalue weighted by Crippen LogP contribution is 2.25. The van der Waals surface area contributed by atoms with Gasteiger partial charge in [0.2, 0.25) is 5.91 Å². The molecular weight excluding hydrogens is 454 g/mol. The van der Waals surface area contributed by atoms with E-state index in [0.717, 1.165) is 36.1 Å². The largest absolute Gasteiger partial charge is 0.466 e. The average molecular weight is 488 g/mol. The van der Waals surface area contributed by atoms with Crippen LogP contribution < -0.4 is 15.9 Å². The molecule has 7 heteroatoms. The molecule has 0 bridgehead atoms. The van der Waals surface area contributed by atoms with Gasteiger partial charge in [0.05, 0.1) is 25.3 Å². The SMILES string of the molecule is CCOC(=O)CC(NC(=O)CCCCc1ccc(C=NN)cc1)c1ccc(Oc2ccccc2)cc1. The first-order chi connectivity index (χ1) is 17.6. The zero-order valence-electron chi connectivity index (χ0n) is 20.6. The molecule has 0 aliphatic rings. The summed E-state index contributed by atoms with van der Waals surface area (Å²) in [7, 11) is 0. The monoisotopic (exact) mass is 487 g/mol. The van der Waals surface area contributed by atoms with Crippen LogP contribution in [0, 0.1) is 0 Å². The van der Waals surface area contributed by atoms with Crippen molar-refractivity contribution in [3.05, 3.63) is 95.6 Å². The molecule has 3 aromatic rings. The number of esters is 1. The zero-order chi connectivity index (χ0) is 25.6. The lowest BCUT2D eigenvalue weighted by molar-refractivity contribution is -0.143. The van der Waals surface area contributed by atoms with Crippen LogP contribution in [0.1, 0.15) is 55.3 Å². The van der Waals surface area contributed by atoms with Crippen LogP contribution in [-0.4, -0.2) is 24.7 Å². The Morgan fingerprint density at radius 3 is 2.31 bits per heavy atom. The number of amides is 1. The Labute approximate surface area is 212 Å². The van der Waals surface area contributed by atoms with Crippen LogP contribution in [0.3, 0.4) is 0 Å². The number of nitrogens with two attached hydrogens (primary N) is 1. The molecule has 36 heavy (non-hydrogen) atoms. The molecule has 0 aromatic heterocycles. The van der Waals surface area contributed by atoms with E-state index in [-0.39, 0.29) is 18.3 Å². The van der Waals surface area contributed by atoms with Crippen LogP contribution >= 0.6 is 0 Å². The number of carbonyl (C=O) groups excluding carboxylic acids is 2. The Morgan fingerprint density at radius 2 is 1.64 bits per heavy atom. The Hall–Kier alpha value is -4.13. The number of benzene rings is 3. The van der Waals surface area contributed by atoms with Crippen LogP contribution in [0.25, 0.3) is 0 Å². The molecule has 3 rings (SSSR count). The third-order valence-electron chi connectivity index (χ3n) is 5.60. The number of carbonyl (C=O) groups is 2. The first-order valence-electron chi connectivity index (χ1n) is 12.2. The fourth-order valence-electron chi connectivity index (χ4n) is 3.77. The van der Waals surface area contributed by atoms with Gasteiger partial charge in [0, 0.05) is 6.42 Å². The predicted octanol–water partition coefficient (Wildman–Crippen LogP) is 5.30. The molecule has 0 aliphatic carbocycles. The molecule has 0 saturated heterocycles. The number of nitrogens with one attached hydrogen (secondary N) is 1. The van der Waals surface area contributed by atoms with Gasteiger partial charge < -0.3 is 20.6 Å². The van der Waals surface area contributed by atoms with E-state index < -0.39 is 6.04 Å². The van der Waals surface area contributed by atoms with E-state index in [1.165, 1.54) is 5.56 Å². The smallest absolute Gasteiger partial charge is 0.308 e. The number of hydrogen-bond donors (Lipinski definition) is 2. The number of aryl methyl sites for hydroxylation is 1. The summed E-state index contributed by atoms with van der Waals surface area (Å²) in [6, 6.07) is 24.4. The Kier molecular flexibility index (Phi) is 10.5. The molecular formula is C29H33N3O4. The highest BCUT2D eigenvalue weighted by molar-refractivity contribution is 5.79. The molecule has 0 spiro atoms. The maximum absolute atomic E-state index is 12.7. The summed E-state index contributed by atoms with van der Waals surface area (Å²) in [4.78, 5) is 24.9. The summed E-state index contributed by atoms with van der Waals surface area (Å²) >= 11 is 0. The third-order valence-corrected chi connectivity index (χ3v) is 5.60. The second kappa shape index (κ2) is 14.3. The molecule has 3 N–H and O–H groups in total. The minimum atomic E-state index is -0.473. The van der Waals surface area contributed by atoms with Gasteiger partial charge in [0.25, 0.3) is 0 Å². The van der Waals surface area contributed by atoms with Crippen molar-refractivity contribution in [3.8, 4) is 11.5 Å². The highest BCUT2D eigenvalue weighted by Gasteiger charge is 2.19. The zero-order valence-corrected chi connectivity index (χ0v) is 20.6. The van der Waals surface area contributed by atoms with E-state index in [1.807, 2.05) is 78.9 Å². The summed E-state index contributed by atoms with van der Waals surface area (Å²) in [5, 5.41) is 6.53. The van der Waals surface area contributed by atoms with Gasteiger partial charge in [-0.1, -0.05) is 54.6 Å². The molecule has 0 aliphatic heterocycles. The van der Waals surface area contributed by atoms with Crippen LogP contribution in [0.4, 0.5) is 0 Å². The second-order valence-electron chi connectivity index (χ2n) is 8.34. The van der Waals surface area contributed by atoms with Crippen molar-refractivity contribution in [1.82, 2.24) is 5.32 Å². The molecule has 0 saturated carbocycles. The lowest BCUT2D eigenvalue weighted by Crippen LogP contribution is -2.30. The van der Waals surface area contributed by atoms with Gasteiger partial charge in [-0.25, -0.2) is 0 Å². The highest BCUT2D eigenvalue weighted by atomic mass is 16.5. The molecule has 0 fully saturated rings. The lowest BCUT2D eigenvalue weighted by Gasteiger charge is -2.19. The molecule has 0 heterocycles. The number of ether oxygens (including phenoxy) is 2. The minimum absolute atomic E-state index is 0.0664. The predicted molar refractivity (Wildman–Crippen MR) is 141 cm³/mol. The average Bonchev–Trinajstić information content (AvgIpc) is 2.89. The van der Waals surface area contributed by atoms with Crippen molar-refractivity contribution < 1.29 is 19.1 Å². The minimum Gasteiger partial charge on any atom is -0.466 e. The van der Waals surface area contributed by atoms with Crippen molar-refractivity contribution >= 4 is 18.1 Å². The van der Waals surface area contributed by atoms with E-state index in [4.69, 9.17) is 15.3 Å². The summed E-state index contributed by atoms with van der Waals surface area (Å²) < 4.78 is 11.0. The molecule has 1 atom stereocenters. The number of hydrazone groups is 1. The van der Waals surface area contributed by atoms with Crippen molar-refractivity contribution in [2.45, 2.75) is 45.1 Å². The molecule has 7 nitrogen and oxygen atoms in total. The van der Waals surface area contributed by atoms with Crippen LogP contribution in [-0.2, 0) is 20.7 Å². The Balaban J connectivity index is 1.53. The number of para-hydroxylation sites is 1. The van der Waals surface area contributed by atoms with Crippen LogP contribution in [0.15, 0.2) is 84.0 Å². The topological polar surface area (TPSA) is 103 Å². The van der Waals surface area contributed by atoms with E-state index in [9.17, 15) is 9.59 Å². The molecule has 188 valence electrons. The van der Waals surface area contributed by atoms with Gasteiger partial charge in [-0.2, -0.15) is 5.10 Å². The van der Waals surface area contributed by atoms with Crippen molar-refractivity contribution in [3.63, 3.8) is 0 Å². The second-order valence-corrected chi connectivity index (χ2v) is 8.34. The maximum atomic E-state index is 12.7. The molecule has 0 radical (unpaired) electrons. The number of nitrogens with zero attached hydrogens (tertiary/aromatic N) is 1. The van der Waals surface area contributed by atoms with E-state index in [1.54, 1.807) is 13.1 Å².